The first-order valence-corrected chi connectivity index (χ1v) is 11.8. The van der Waals surface area contributed by atoms with Gasteiger partial charge in [-0.2, -0.15) is 0 Å². The van der Waals surface area contributed by atoms with Crippen molar-refractivity contribution in [1.29, 1.82) is 0 Å². The highest BCUT2D eigenvalue weighted by Crippen LogP contribution is 2.27. The van der Waals surface area contributed by atoms with Crippen molar-refractivity contribution in [3.8, 4) is 0 Å². The molecule has 0 aromatic heterocycles. The van der Waals surface area contributed by atoms with Crippen molar-refractivity contribution in [2.75, 3.05) is 18.4 Å². The van der Waals surface area contributed by atoms with Gasteiger partial charge >= 0.3 is 0 Å². The molecule has 0 unspecified atom stereocenters. The molecule has 0 heterocycles. The quantitative estimate of drug-likeness (QED) is 0.429. The zero-order valence-electron chi connectivity index (χ0n) is 18.5. The Bertz CT molecular complexity index is 934. The van der Waals surface area contributed by atoms with E-state index < -0.39 is 11.9 Å². The van der Waals surface area contributed by atoms with Gasteiger partial charge in [-0.1, -0.05) is 49.8 Å². The van der Waals surface area contributed by atoms with Crippen LogP contribution in [0.4, 0.5) is 14.5 Å². The van der Waals surface area contributed by atoms with Crippen LogP contribution in [0.3, 0.4) is 0 Å². The van der Waals surface area contributed by atoms with Gasteiger partial charge in [0.1, 0.15) is 17.7 Å². The number of nitrogens with one attached hydrogen (secondary N) is 3. The Morgan fingerprint density at radius 3 is 2.36 bits per heavy atom. The molecule has 1 atom stereocenters. The van der Waals surface area contributed by atoms with Gasteiger partial charge in [0, 0.05) is 23.8 Å². The summed E-state index contributed by atoms with van der Waals surface area (Å²) in [5, 5.41) is 9.03. The fraction of sp³-hybridized carbons (Fsp3) is 0.440. The summed E-state index contributed by atoms with van der Waals surface area (Å²) in [7, 11) is 0. The second kappa shape index (κ2) is 12.5. The molecule has 0 spiro atoms. The summed E-state index contributed by atoms with van der Waals surface area (Å²) in [6, 6.07) is 9.25. The molecule has 33 heavy (non-hydrogen) atoms. The van der Waals surface area contributed by atoms with Crippen LogP contribution < -0.4 is 16.0 Å². The lowest BCUT2D eigenvalue weighted by atomic mass is 9.84. The van der Waals surface area contributed by atoms with Gasteiger partial charge in [0.05, 0.1) is 6.42 Å². The SMILES string of the molecule is O=C(Cc1ccc(F)cc1Cl)N[C@@H](CC1CCCCC1)C(=O)NCCNc1ccc(F)cc1. The first-order valence-electron chi connectivity index (χ1n) is 11.4. The van der Waals surface area contributed by atoms with E-state index in [1.165, 1.54) is 36.8 Å². The summed E-state index contributed by atoms with van der Waals surface area (Å²) in [6.07, 6.45) is 6.14. The third kappa shape index (κ3) is 8.31. The van der Waals surface area contributed by atoms with Crippen molar-refractivity contribution >= 4 is 29.1 Å². The van der Waals surface area contributed by atoms with E-state index in [0.717, 1.165) is 31.4 Å². The van der Waals surface area contributed by atoms with Crippen LogP contribution in [0, 0.1) is 17.6 Å². The third-order valence-corrected chi connectivity index (χ3v) is 6.26. The molecule has 2 aromatic carbocycles. The smallest absolute Gasteiger partial charge is 0.242 e. The fourth-order valence-electron chi connectivity index (χ4n) is 4.15. The standard InChI is InChI=1S/C25H30ClF2N3O2/c26-22-16-20(28)7-6-18(22)15-24(32)31-23(14-17-4-2-1-3-5-17)25(33)30-13-12-29-21-10-8-19(27)9-11-21/h6-11,16-17,23,29H,1-5,12-15H2,(H,30,33)(H,31,32)/t23-/m0/s1. The predicted octanol–water partition coefficient (Wildman–Crippen LogP) is 4.84. The van der Waals surface area contributed by atoms with Gasteiger partial charge in [-0.15, -0.1) is 0 Å². The molecule has 178 valence electrons. The van der Waals surface area contributed by atoms with Gasteiger partial charge in [0.25, 0.3) is 0 Å². The third-order valence-electron chi connectivity index (χ3n) is 5.91. The van der Waals surface area contributed by atoms with Crippen LogP contribution in [0.25, 0.3) is 0 Å². The Balaban J connectivity index is 1.54. The number of carbonyl (C=O) groups excluding carboxylic acids is 2. The van der Waals surface area contributed by atoms with Crippen LogP contribution in [0.2, 0.25) is 5.02 Å². The number of hydrogen-bond acceptors (Lipinski definition) is 3. The molecule has 1 aliphatic rings. The molecule has 3 rings (SSSR count). The molecule has 8 heteroatoms. The molecule has 1 saturated carbocycles. The Kier molecular flexibility index (Phi) is 9.48. The van der Waals surface area contributed by atoms with E-state index >= 15 is 0 Å². The second-order valence-electron chi connectivity index (χ2n) is 8.50. The summed E-state index contributed by atoms with van der Waals surface area (Å²) < 4.78 is 26.3. The minimum atomic E-state index is -0.648. The number of hydrogen-bond donors (Lipinski definition) is 3. The number of amides is 2. The Labute approximate surface area is 198 Å². The molecule has 0 radical (unpaired) electrons. The van der Waals surface area contributed by atoms with Crippen LogP contribution in [-0.2, 0) is 16.0 Å². The predicted molar refractivity (Wildman–Crippen MR) is 126 cm³/mol. The van der Waals surface area contributed by atoms with E-state index in [9.17, 15) is 18.4 Å². The van der Waals surface area contributed by atoms with E-state index in [1.807, 2.05) is 0 Å². The van der Waals surface area contributed by atoms with Gasteiger partial charge in [0.15, 0.2) is 0 Å². The summed E-state index contributed by atoms with van der Waals surface area (Å²) >= 11 is 6.04. The maximum Gasteiger partial charge on any atom is 0.242 e. The van der Waals surface area contributed by atoms with Crippen LogP contribution in [0.1, 0.15) is 44.1 Å². The monoisotopic (exact) mass is 477 g/mol. The molecule has 1 aliphatic carbocycles. The summed E-state index contributed by atoms with van der Waals surface area (Å²) in [6.45, 7) is 0.823. The molecule has 5 nitrogen and oxygen atoms in total. The maximum atomic E-state index is 13.3. The van der Waals surface area contributed by atoms with E-state index in [2.05, 4.69) is 16.0 Å². The normalized spacial score (nSPS) is 15.0. The number of carbonyl (C=O) groups is 2. The van der Waals surface area contributed by atoms with Crippen LogP contribution >= 0.6 is 11.6 Å². The minimum Gasteiger partial charge on any atom is -0.383 e. The van der Waals surface area contributed by atoms with E-state index in [0.29, 0.717) is 31.0 Å². The van der Waals surface area contributed by atoms with Gasteiger partial charge in [-0.25, -0.2) is 8.78 Å². The van der Waals surface area contributed by atoms with Gasteiger partial charge in [-0.05, 0) is 54.3 Å². The summed E-state index contributed by atoms with van der Waals surface area (Å²) in [5.74, 6) is -0.949. The molecule has 2 amide bonds. The van der Waals surface area contributed by atoms with E-state index in [4.69, 9.17) is 11.6 Å². The number of anilines is 1. The zero-order valence-corrected chi connectivity index (χ0v) is 19.3. The molecule has 0 saturated heterocycles. The molecule has 2 aromatic rings. The van der Waals surface area contributed by atoms with E-state index in [1.54, 1.807) is 12.1 Å². The Morgan fingerprint density at radius 2 is 1.67 bits per heavy atom. The molecule has 0 bridgehead atoms. The lowest BCUT2D eigenvalue weighted by Crippen LogP contribution is -2.49. The number of rotatable bonds is 10. The van der Waals surface area contributed by atoms with Crippen LogP contribution in [0.15, 0.2) is 42.5 Å². The average Bonchev–Trinajstić information content (AvgIpc) is 2.80. The van der Waals surface area contributed by atoms with E-state index in [-0.39, 0.29) is 29.1 Å². The molecule has 0 aliphatic heterocycles. The van der Waals surface area contributed by atoms with Gasteiger partial charge < -0.3 is 16.0 Å². The van der Waals surface area contributed by atoms with Crippen molar-refractivity contribution < 1.29 is 18.4 Å². The Morgan fingerprint density at radius 1 is 0.970 bits per heavy atom. The lowest BCUT2D eigenvalue weighted by Gasteiger charge is -2.26. The molecular weight excluding hydrogens is 448 g/mol. The summed E-state index contributed by atoms with van der Waals surface area (Å²) in [4.78, 5) is 25.6. The average molecular weight is 478 g/mol. The summed E-state index contributed by atoms with van der Waals surface area (Å²) in [5.41, 5.74) is 1.27. The van der Waals surface area contributed by atoms with Crippen molar-refractivity contribution in [1.82, 2.24) is 10.6 Å². The first kappa shape index (κ1) is 25.0. The minimum absolute atomic E-state index is 0.0281. The first-order chi connectivity index (χ1) is 15.9. The lowest BCUT2D eigenvalue weighted by molar-refractivity contribution is -0.129. The highest BCUT2D eigenvalue weighted by molar-refractivity contribution is 6.31. The molecule has 1 fully saturated rings. The van der Waals surface area contributed by atoms with Crippen molar-refractivity contribution in [3.05, 3.63) is 64.7 Å². The Hall–Kier alpha value is -2.67. The largest absolute Gasteiger partial charge is 0.383 e. The molecule has 3 N–H and O–H groups in total. The van der Waals surface area contributed by atoms with Crippen LogP contribution in [0.5, 0.6) is 0 Å². The topological polar surface area (TPSA) is 70.2 Å². The van der Waals surface area contributed by atoms with Gasteiger partial charge in [0.2, 0.25) is 11.8 Å². The fourth-order valence-corrected chi connectivity index (χ4v) is 4.39. The highest BCUT2D eigenvalue weighted by Gasteiger charge is 2.26. The van der Waals surface area contributed by atoms with Crippen molar-refractivity contribution in [2.24, 2.45) is 5.92 Å². The van der Waals surface area contributed by atoms with Crippen molar-refractivity contribution in [2.45, 2.75) is 51.0 Å². The second-order valence-corrected chi connectivity index (χ2v) is 8.90. The maximum absolute atomic E-state index is 13.3. The number of halogens is 3. The van der Waals surface area contributed by atoms with Crippen LogP contribution in [-0.4, -0.2) is 30.9 Å². The zero-order chi connectivity index (χ0) is 23.6. The molecular formula is C25H30ClF2N3O2. The highest BCUT2D eigenvalue weighted by atomic mass is 35.5. The van der Waals surface area contributed by atoms with Crippen molar-refractivity contribution in [3.63, 3.8) is 0 Å². The number of benzene rings is 2. The van der Waals surface area contributed by atoms with Gasteiger partial charge in [-0.3, -0.25) is 9.59 Å².